The highest BCUT2D eigenvalue weighted by atomic mass is 31.2. The van der Waals surface area contributed by atoms with Crippen LogP contribution in [0, 0.1) is 17.8 Å². The molecule has 19 heteroatoms. The molecule has 0 aromatic rings. The van der Waals surface area contributed by atoms with Crippen molar-refractivity contribution < 1.29 is 80.2 Å². The molecule has 618 valence electrons. The SMILES string of the molecule is CCCCCCCCCCCCCCCCCCCCCCCCC(=O)O[C@H](COC(=O)CCCCCCCCCCCCCCCCCC(C)C)COP(=O)(O)OC[C@@H](O)COP(=O)(O)OC[C@@H](COC(=O)CCCCCCCCC(C)CC)OC(=O)CCCCCCCCCCCCC(C)CC. The van der Waals surface area contributed by atoms with E-state index in [-0.39, 0.29) is 25.7 Å². The largest absolute Gasteiger partial charge is 0.472 e. The Labute approximate surface area is 638 Å². The molecule has 0 aliphatic rings. The Balaban J connectivity index is 5.22. The number of aliphatic hydroxyl groups is 1. The first kappa shape index (κ1) is 102. The molecule has 3 N–H and O–H groups in total. The van der Waals surface area contributed by atoms with Gasteiger partial charge in [0.25, 0.3) is 0 Å². The molecular weight excluding hydrogens is 1350 g/mol. The molecule has 0 rings (SSSR count). The van der Waals surface area contributed by atoms with Gasteiger partial charge in [-0.25, -0.2) is 9.13 Å². The summed E-state index contributed by atoms with van der Waals surface area (Å²) in [5, 5.41) is 10.7. The predicted octanol–water partition coefficient (Wildman–Crippen LogP) is 25.7. The van der Waals surface area contributed by atoms with E-state index in [0.717, 1.165) is 114 Å². The zero-order valence-electron chi connectivity index (χ0n) is 68.5. The Kier molecular flexibility index (Phi) is 73.7. The molecule has 0 bridgehead atoms. The van der Waals surface area contributed by atoms with Crippen LogP contribution in [0.25, 0.3) is 0 Å². The third kappa shape index (κ3) is 75.5. The van der Waals surface area contributed by atoms with E-state index in [2.05, 4.69) is 48.5 Å². The standard InChI is InChI=1S/C85H166O17P2/c1-8-11-12-13-14-15-16-17-18-19-20-21-22-23-24-27-31-34-40-45-54-61-68-84(89)101-80(72-95-82(87)66-59-52-44-39-33-30-28-25-26-29-32-37-42-49-56-63-76(4)5)74-99-103(91,92)97-70-79(86)71-98-104(93,94)100-75-81(73-96-83(88)67-60-53-48-47-51-58-65-78(7)10-3)102-85(90)69-62-55-46-41-36-35-38-43-50-57-64-77(6)9-2/h76-81,86H,8-75H2,1-7H3,(H,91,92)(H,93,94)/t77?,78?,79-,80-,81-/m1/s1. The number of rotatable bonds is 83. The molecule has 0 fully saturated rings. The topological polar surface area (TPSA) is 237 Å². The van der Waals surface area contributed by atoms with Crippen molar-refractivity contribution in [2.75, 3.05) is 39.6 Å². The third-order valence-electron chi connectivity index (χ3n) is 20.6. The average molecular weight is 1520 g/mol. The van der Waals surface area contributed by atoms with Crippen molar-refractivity contribution in [2.24, 2.45) is 17.8 Å². The molecule has 0 amide bonds. The fraction of sp³-hybridized carbons (Fsp3) is 0.953. The number of ether oxygens (including phenoxy) is 4. The van der Waals surface area contributed by atoms with Gasteiger partial charge in [0.2, 0.25) is 0 Å². The Hall–Kier alpha value is -1.94. The number of unbranched alkanes of at least 4 members (excludes halogenated alkanes) is 49. The summed E-state index contributed by atoms with van der Waals surface area (Å²) >= 11 is 0. The van der Waals surface area contributed by atoms with Gasteiger partial charge >= 0.3 is 39.5 Å². The van der Waals surface area contributed by atoms with Gasteiger partial charge in [-0.1, -0.05) is 395 Å². The Morgan fingerprint density at radius 2 is 0.490 bits per heavy atom. The van der Waals surface area contributed by atoms with Crippen molar-refractivity contribution in [2.45, 2.75) is 465 Å². The molecule has 0 radical (unpaired) electrons. The third-order valence-corrected chi connectivity index (χ3v) is 22.5. The first-order valence-electron chi connectivity index (χ1n) is 43.9. The van der Waals surface area contributed by atoms with Crippen molar-refractivity contribution in [1.82, 2.24) is 0 Å². The molecule has 17 nitrogen and oxygen atoms in total. The van der Waals surface area contributed by atoms with Crippen molar-refractivity contribution in [1.29, 1.82) is 0 Å². The summed E-state index contributed by atoms with van der Waals surface area (Å²) < 4.78 is 68.8. The van der Waals surface area contributed by atoms with Gasteiger partial charge in [-0.2, -0.15) is 0 Å². The van der Waals surface area contributed by atoms with Gasteiger partial charge in [0.15, 0.2) is 12.2 Å². The lowest BCUT2D eigenvalue weighted by Crippen LogP contribution is -2.30. The molecule has 0 aromatic carbocycles. The van der Waals surface area contributed by atoms with Crippen LogP contribution in [0.15, 0.2) is 0 Å². The molecule has 0 aliphatic carbocycles. The zero-order valence-corrected chi connectivity index (χ0v) is 70.3. The van der Waals surface area contributed by atoms with Crippen LogP contribution in [-0.2, 0) is 65.4 Å². The number of phosphoric acid groups is 2. The summed E-state index contributed by atoms with van der Waals surface area (Å²) in [4.78, 5) is 73.2. The van der Waals surface area contributed by atoms with E-state index in [4.69, 9.17) is 37.0 Å². The molecule has 0 spiro atoms. The lowest BCUT2D eigenvalue weighted by molar-refractivity contribution is -0.161. The highest BCUT2D eigenvalue weighted by molar-refractivity contribution is 7.47. The van der Waals surface area contributed by atoms with Gasteiger partial charge in [-0.05, 0) is 43.4 Å². The van der Waals surface area contributed by atoms with E-state index < -0.39 is 97.5 Å². The number of esters is 4. The van der Waals surface area contributed by atoms with Crippen molar-refractivity contribution in [3.05, 3.63) is 0 Å². The van der Waals surface area contributed by atoms with Crippen LogP contribution < -0.4 is 0 Å². The van der Waals surface area contributed by atoms with E-state index in [0.29, 0.717) is 25.7 Å². The maximum absolute atomic E-state index is 13.1. The summed E-state index contributed by atoms with van der Waals surface area (Å²) in [6.07, 6.45) is 65.4. The number of phosphoric ester groups is 2. The summed E-state index contributed by atoms with van der Waals surface area (Å²) in [6, 6.07) is 0. The number of hydrogen-bond acceptors (Lipinski definition) is 15. The maximum atomic E-state index is 13.1. The zero-order chi connectivity index (χ0) is 76.5. The van der Waals surface area contributed by atoms with Gasteiger partial charge in [0.1, 0.15) is 19.3 Å². The van der Waals surface area contributed by atoms with Gasteiger partial charge in [0.05, 0.1) is 26.4 Å². The number of aliphatic hydroxyl groups excluding tert-OH is 1. The second-order valence-electron chi connectivity index (χ2n) is 31.5. The number of hydrogen-bond donors (Lipinski definition) is 3. The van der Waals surface area contributed by atoms with Crippen molar-refractivity contribution in [3.8, 4) is 0 Å². The highest BCUT2D eigenvalue weighted by Gasteiger charge is 2.30. The van der Waals surface area contributed by atoms with Crippen LogP contribution in [-0.4, -0.2) is 96.7 Å². The van der Waals surface area contributed by atoms with Gasteiger partial charge in [0, 0.05) is 25.7 Å². The Morgan fingerprint density at radius 3 is 0.731 bits per heavy atom. The summed E-state index contributed by atoms with van der Waals surface area (Å²) in [6.45, 7) is 12.0. The molecular formula is C85H166O17P2. The minimum Gasteiger partial charge on any atom is -0.462 e. The Morgan fingerprint density at radius 1 is 0.279 bits per heavy atom. The van der Waals surface area contributed by atoms with Crippen LogP contribution in [0.1, 0.15) is 447 Å². The second-order valence-corrected chi connectivity index (χ2v) is 34.4. The van der Waals surface area contributed by atoms with Crippen molar-refractivity contribution >= 4 is 39.5 Å². The quantitative estimate of drug-likeness (QED) is 0.0222. The molecule has 0 aliphatic heterocycles. The molecule has 0 saturated carbocycles. The molecule has 104 heavy (non-hydrogen) atoms. The minimum atomic E-state index is -4.97. The van der Waals surface area contributed by atoms with E-state index in [1.54, 1.807) is 0 Å². The lowest BCUT2D eigenvalue weighted by Gasteiger charge is -2.21. The second kappa shape index (κ2) is 75.1. The predicted molar refractivity (Wildman–Crippen MR) is 428 cm³/mol. The van der Waals surface area contributed by atoms with E-state index in [1.807, 2.05) is 0 Å². The van der Waals surface area contributed by atoms with Crippen LogP contribution >= 0.6 is 15.6 Å². The molecule has 0 aromatic heterocycles. The fourth-order valence-electron chi connectivity index (χ4n) is 13.1. The molecule has 0 saturated heterocycles. The molecule has 4 unspecified atom stereocenters. The summed E-state index contributed by atoms with van der Waals surface area (Å²) in [7, 11) is -9.93. The lowest BCUT2D eigenvalue weighted by atomic mass is 9.99. The van der Waals surface area contributed by atoms with Crippen molar-refractivity contribution in [3.63, 3.8) is 0 Å². The first-order chi connectivity index (χ1) is 50.3. The van der Waals surface area contributed by atoms with E-state index >= 15 is 0 Å². The van der Waals surface area contributed by atoms with Gasteiger partial charge < -0.3 is 33.8 Å². The monoisotopic (exact) mass is 1520 g/mol. The minimum absolute atomic E-state index is 0.105. The first-order valence-corrected chi connectivity index (χ1v) is 46.9. The average Bonchev–Trinajstić information content (AvgIpc) is 0.914. The van der Waals surface area contributed by atoms with Crippen LogP contribution in [0.5, 0.6) is 0 Å². The van der Waals surface area contributed by atoms with Crippen LogP contribution in [0.3, 0.4) is 0 Å². The smallest absolute Gasteiger partial charge is 0.462 e. The van der Waals surface area contributed by atoms with Gasteiger partial charge in [-0.3, -0.25) is 37.3 Å². The summed E-state index contributed by atoms with van der Waals surface area (Å²) in [5.74, 6) is 0.231. The molecule has 7 atom stereocenters. The molecule has 0 heterocycles. The maximum Gasteiger partial charge on any atom is 0.472 e. The number of carbonyl (C=O) groups excluding carboxylic acids is 4. The Bertz CT molecular complexity index is 2010. The number of carbonyl (C=O) groups is 4. The highest BCUT2D eigenvalue weighted by Crippen LogP contribution is 2.45. The normalized spacial score (nSPS) is 14.4. The van der Waals surface area contributed by atoms with E-state index in [9.17, 15) is 43.2 Å². The summed E-state index contributed by atoms with van der Waals surface area (Å²) in [5.41, 5.74) is 0. The van der Waals surface area contributed by atoms with Gasteiger partial charge in [-0.15, -0.1) is 0 Å². The van der Waals surface area contributed by atoms with E-state index in [1.165, 1.54) is 250 Å². The van der Waals surface area contributed by atoms with Crippen LogP contribution in [0.2, 0.25) is 0 Å². The fourth-order valence-corrected chi connectivity index (χ4v) is 14.7. The van der Waals surface area contributed by atoms with Crippen LogP contribution in [0.4, 0.5) is 0 Å².